The van der Waals surface area contributed by atoms with Crippen LogP contribution in [0.5, 0.6) is 0 Å². The Hall–Kier alpha value is -2.43. The molecule has 0 bridgehead atoms. The summed E-state index contributed by atoms with van der Waals surface area (Å²) in [5.41, 5.74) is 1.63. The average Bonchev–Trinajstić information content (AvgIpc) is 2.37. The number of pyridine rings is 1. The second-order valence-corrected chi connectivity index (χ2v) is 4.09. The van der Waals surface area contributed by atoms with Crippen molar-refractivity contribution in [3.63, 3.8) is 0 Å². The van der Waals surface area contributed by atoms with Gasteiger partial charge in [0.15, 0.2) is 0 Å². The zero-order chi connectivity index (χ0) is 12.5. The fraction of sp³-hybridized carbons (Fsp3) is 0.154. The number of anilines is 1. The lowest BCUT2D eigenvalue weighted by Crippen LogP contribution is -2.43. The van der Waals surface area contributed by atoms with Crippen molar-refractivity contribution in [3.8, 4) is 0 Å². The number of morpholine rings is 1. The quantitative estimate of drug-likeness (QED) is 0.554. The van der Waals surface area contributed by atoms with Crippen molar-refractivity contribution in [2.75, 3.05) is 18.0 Å². The van der Waals surface area contributed by atoms with Gasteiger partial charge >= 0.3 is 11.9 Å². The molecule has 18 heavy (non-hydrogen) atoms. The maximum atomic E-state index is 11.2. The number of nitrogens with zero attached hydrogens (tertiary/aromatic N) is 2. The zero-order valence-electron chi connectivity index (χ0n) is 9.50. The standard InChI is InChI=1S/C13H10N2O3/c16-12-7-15(8-13(17)18-12)10-5-9-3-1-2-4-11(9)14-6-10/h1-6H,7-8H2. The molecule has 90 valence electrons. The lowest BCUT2D eigenvalue weighted by molar-refractivity contribution is -0.160. The number of aromatic nitrogens is 1. The highest BCUT2D eigenvalue weighted by molar-refractivity contribution is 5.95. The van der Waals surface area contributed by atoms with Crippen molar-refractivity contribution in [2.24, 2.45) is 0 Å². The highest BCUT2D eigenvalue weighted by Gasteiger charge is 2.25. The molecule has 1 fully saturated rings. The van der Waals surface area contributed by atoms with Gasteiger partial charge in [-0.25, -0.2) is 9.59 Å². The van der Waals surface area contributed by atoms with E-state index in [1.807, 2.05) is 30.3 Å². The molecule has 5 nitrogen and oxygen atoms in total. The Morgan fingerprint density at radius 3 is 2.61 bits per heavy atom. The van der Waals surface area contributed by atoms with Gasteiger partial charge in [-0.3, -0.25) is 4.98 Å². The van der Waals surface area contributed by atoms with Crippen LogP contribution in [0.15, 0.2) is 36.5 Å². The minimum Gasteiger partial charge on any atom is -0.390 e. The number of cyclic esters (lactones) is 2. The molecule has 0 N–H and O–H groups in total. The predicted molar refractivity (Wildman–Crippen MR) is 65.1 cm³/mol. The topological polar surface area (TPSA) is 59.5 Å². The summed E-state index contributed by atoms with van der Waals surface area (Å²) in [6.07, 6.45) is 1.66. The van der Waals surface area contributed by atoms with Crippen LogP contribution in [0.2, 0.25) is 0 Å². The van der Waals surface area contributed by atoms with E-state index in [9.17, 15) is 9.59 Å². The van der Waals surface area contributed by atoms with Crippen LogP contribution in [0.25, 0.3) is 10.9 Å². The number of benzene rings is 1. The first kappa shape index (κ1) is 10.7. The normalized spacial score (nSPS) is 15.9. The summed E-state index contributed by atoms with van der Waals surface area (Å²) in [6.45, 7) is 0.150. The molecule has 0 radical (unpaired) electrons. The van der Waals surface area contributed by atoms with Gasteiger partial charge in [0.25, 0.3) is 0 Å². The Labute approximate surface area is 103 Å². The Balaban J connectivity index is 1.98. The van der Waals surface area contributed by atoms with E-state index in [0.717, 1.165) is 16.6 Å². The maximum absolute atomic E-state index is 11.2. The molecule has 1 aromatic heterocycles. The van der Waals surface area contributed by atoms with E-state index >= 15 is 0 Å². The van der Waals surface area contributed by atoms with E-state index in [2.05, 4.69) is 9.72 Å². The van der Waals surface area contributed by atoms with Crippen molar-refractivity contribution in [3.05, 3.63) is 36.5 Å². The molecule has 0 atom stereocenters. The minimum absolute atomic E-state index is 0.0752. The van der Waals surface area contributed by atoms with Crippen LogP contribution in [0.1, 0.15) is 0 Å². The molecule has 2 aromatic rings. The van der Waals surface area contributed by atoms with Crippen molar-refractivity contribution >= 4 is 28.5 Å². The molecule has 0 aliphatic carbocycles. The molecular formula is C13H10N2O3. The van der Waals surface area contributed by atoms with Gasteiger partial charge in [0.05, 0.1) is 17.4 Å². The molecule has 0 spiro atoms. The average molecular weight is 242 g/mol. The van der Waals surface area contributed by atoms with Gasteiger partial charge in [-0.2, -0.15) is 0 Å². The van der Waals surface area contributed by atoms with Crippen LogP contribution < -0.4 is 4.90 Å². The highest BCUT2D eigenvalue weighted by atomic mass is 16.6. The van der Waals surface area contributed by atoms with E-state index in [1.54, 1.807) is 11.1 Å². The lowest BCUT2D eigenvalue weighted by Gasteiger charge is -2.26. The third-order valence-electron chi connectivity index (χ3n) is 2.81. The fourth-order valence-corrected chi connectivity index (χ4v) is 1.97. The second kappa shape index (κ2) is 4.10. The molecule has 3 rings (SSSR count). The SMILES string of the molecule is O=C1CN(c2cnc3ccccc3c2)CC(=O)O1. The first-order valence-electron chi connectivity index (χ1n) is 5.55. The van der Waals surface area contributed by atoms with E-state index in [1.165, 1.54) is 0 Å². The molecule has 0 saturated carbocycles. The van der Waals surface area contributed by atoms with Crippen LogP contribution in [0, 0.1) is 0 Å². The van der Waals surface area contributed by atoms with Crippen molar-refractivity contribution in [2.45, 2.75) is 0 Å². The zero-order valence-corrected chi connectivity index (χ0v) is 9.50. The van der Waals surface area contributed by atoms with Gasteiger partial charge in [-0.1, -0.05) is 18.2 Å². The van der Waals surface area contributed by atoms with E-state index in [4.69, 9.17) is 0 Å². The summed E-state index contributed by atoms with van der Waals surface area (Å²) in [5, 5.41) is 0.974. The number of hydrogen-bond acceptors (Lipinski definition) is 5. The van der Waals surface area contributed by atoms with Gasteiger partial charge in [-0.05, 0) is 12.1 Å². The molecule has 5 heteroatoms. The molecule has 2 heterocycles. The van der Waals surface area contributed by atoms with Gasteiger partial charge in [-0.15, -0.1) is 0 Å². The molecule has 0 unspecified atom stereocenters. The molecular weight excluding hydrogens is 232 g/mol. The summed E-state index contributed by atoms with van der Waals surface area (Å²) in [6, 6.07) is 9.60. The summed E-state index contributed by atoms with van der Waals surface area (Å²) in [7, 11) is 0. The lowest BCUT2D eigenvalue weighted by atomic mass is 10.2. The number of rotatable bonds is 1. The van der Waals surface area contributed by atoms with Gasteiger partial charge < -0.3 is 9.64 Å². The number of esters is 2. The first-order chi connectivity index (χ1) is 8.72. The Kier molecular flexibility index (Phi) is 2.44. The van der Waals surface area contributed by atoms with E-state index in [-0.39, 0.29) is 13.1 Å². The molecule has 1 aliphatic rings. The third-order valence-corrected chi connectivity index (χ3v) is 2.81. The minimum atomic E-state index is -0.528. The highest BCUT2D eigenvalue weighted by Crippen LogP contribution is 2.20. The summed E-state index contributed by atoms with van der Waals surface area (Å²) < 4.78 is 4.49. The molecule has 1 aliphatic heterocycles. The van der Waals surface area contributed by atoms with Crippen molar-refractivity contribution in [1.82, 2.24) is 4.98 Å². The van der Waals surface area contributed by atoms with Gasteiger partial charge in [0, 0.05) is 5.39 Å². The smallest absolute Gasteiger partial charge is 0.333 e. The predicted octanol–water partition coefficient (Wildman–Crippen LogP) is 1.12. The Bertz CT molecular complexity index is 623. The monoisotopic (exact) mass is 242 g/mol. The Morgan fingerprint density at radius 1 is 1.11 bits per heavy atom. The summed E-state index contributed by atoms with van der Waals surface area (Å²) in [5.74, 6) is -1.06. The number of ether oxygens (including phenoxy) is 1. The number of hydrogen-bond donors (Lipinski definition) is 0. The van der Waals surface area contributed by atoms with Crippen LogP contribution in [0.3, 0.4) is 0 Å². The van der Waals surface area contributed by atoms with Gasteiger partial charge in [0.1, 0.15) is 13.1 Å². The Morgan fingerprint density at radius 2 is 1.83 bits per heavy atom. The first-order valence-corrected chi connectivity index (χ1v) is 5.55. The van der Waals surface area contributed by atoms with E-state index < -0.39 is 11.9 Å². The van der Waals surface area contributed by atoms with Crippen LogP contribution in [0.4, 0.5) is 5.69 Å². The van der Waals surface area contributed by atoms with Crippen LogP contribution in [-0.4, -0.2) is 30.0 Å². The largest absolute Gasteiger partial charge is 0.390 e. The molecule has 1 saturated heterocycles. The summed E-state index contributed by atoms with van der Waals surface area (Å²) in [4.78, 5) is 28.4. The third kappa shape index (κ3) is 1.90. The van der Waals surface area contributed by atoms with Gasteiger partial charge in [0.2, 0.25) is 0 Å². The molecule has 1 aromatic carbocycles. The number of para-hydroxylation sites is 1. The van der Waals surface area contributed by atoms with Crippen molar-refractivity contribution < 1.29 is 14.3 Å². The second-order valence-electron chi connectivity index (χ2n) is 4.09. The fourth-order valence-electron chi connectivity index (χ4n) is 1.97. The number of fused-ring (bicyclic) bond motifs is 1. The van der Waals surface area contributed by atoms with Crippen LogP contribution >= 0.6 is 0 Å². The van der Waals surface area contributed by atoms with Crippen molar-refractivity contribution in [1.29, 1.82) is 0 Å². The van der Waals surface area contributed by atoms with E-state index in [0.29, 0.717) is 0 Å². The number of carbonyl (C=O) groups excluding carboxylic acids is 2. The number of carbonyl (C=O) groups is 2. The van der Waals surface area contributed by atoms with Crippen LogP contribution in [-0.2, 0) is 14.3 Å². The summed E-state index contributed by atoms with van der Waals surface area (Å²) >= 11 is 0. The maximum Gasteiger partial charge on any atom is 0.333 e. The molecule has 0 amide bonds.